The predicted molar refractivity (Wildman–Crippen MR) is 89.6 cm³/mol. The first-order chi connectivity index (χ1) is 12.3. The van der Waals surface area contributed by atoms with Crippen molar-refractivity contribution in [3.05, 3.63) is 34.6 Å². The van der Waals surface area contributed by atoms with E-state index in [0.717, 1.165) is 6.07 Å². The third-order valence-electron chi connectivity index (χ3n) is 4.76. The molecule has 140 valence electrons. The van der Waals surface area contributed by atoms with Crippen molar-refractivity contribution in [1.82, 2.24) is 9.80 Å². The number of carbonyl (C=O) groups is 3. The number of aliphatic carboxylic acids is 1. The van der Waals surface area contributed by atoms with Gasteiger partial charge in [0.2, 0.25) is 0 Å². The molecule has 1 aromatic rings. The average Bonchev–Trinajstić information content (AvgIpc) is 2.88. The van der Waals surface area contributed by atoms with E-state index in [2.05, 4.69) is 0 Å². The number of carboxylic acids is 1. The van der Waals surface area contributed by atoms with Crippen LogP contribution in [0.1, 0.15) is 29.6 Å². The fourth-order valence-electron chi connectivity index (χ4n) is 3.31. The van der Waals surface area contributed by atoms with Gasteiger partial charge in [-0.05, 0) is 18.2 Å². The smallest absolute Gasteiger partial charge is 0.410 e. The summed E-state index contributed by atoms with van der Waals surface area (Å²) in [6.45, 7) is 1.03. The molecule has 9 heteroatoms. The van der Waals surface area contributed by atoms with Crippen molar-refractivity contribution in [3.8, 4) is 0 Å². The molecule has 2 fully saturated rings. The number of piperidine rings is 1. The summed E-state index contributed by atoms with van der Waals surface area (Å²) in [6, 6.07) is 3.91. The standard InChI is InChI=1S/C17H18ClFN2O5/c18-11-1-2-12(13(19)9-11)15(24)20-7-4-17(5-8-20)10-21(16(25)26-17)6-3-14(22)23/h1-2,9H,3-8,10H2,(H,22,23). The van der Waals surface area contributed by atoms with Crippen LogP contribution in [-0.4, -0.2) is 64.7 Å². The Hall–Kier alpha value is -2.35. The molecule has 0 saturated carbocycles. The first-order valence-corrected chi connectivity index (χ1v) is 8.61. The predicted octanol–water partition coefficient (Wildman–Crippen LogP) is 2.38. The van der Waals surface area contributed by atoms with E-state index in [1.54, 1.807) is 0 Å². The van der Waals surface area contributed by atoms with Gasteiger partial charge < -0.3 is 19.6 Å². The van der Waals surface area contributed by atoms with Gasteiger partial charge in [-0.15, -0.1) is 0 Å². The molecule has 7 nitrogen and oxygen atoms in total. The lowest BCUT2D eigenvalue weighted by molar-refractivity contribution is -0.137. The zero-order chi connectivity index (χ0) is 18.9. The second-order valence-electron chi connectivity index (χ2n) is 6.53. The number of nitrogens with zero attached hydrogens (tertiary/aromatic N) is 2. The normalized spacial score (nSPS) is 18.9. The highest BCUT2D eigenvalue weighted by atomic mass is 35.5. The van der Waals surface area contributed by atoms with Crippen LogP contribution < -0.4 is 0 Å². The molecule has 3 rings (SSSR count). The third-order valence-corrected chi connectivity index (χ3v) is 5.00. The molecule has 0 atom stereocenters. The minimum absolute atomic E-state index is 0.0446. The SMILES string of the molecule is O=C(O)CCN1CC2(CCN(C(=O)c3ccc(Cl)cc3F)CC2)OC1=O. The van der Waals surface area contributed by atoms with E-state index < -0.39 is 29.4 Å². The molecular formula is C17H18ClFN2O5. The summed E-state index contributed by atoms with van der Waals surface area (Å²) < 4.78 is 19.4. The van der Waals surface area contributed by atoms with Crippen LogP contribution in [0.25, 0.3) is 0 Å². The van der Waals surface area contributed by atoms with E-state index in [0.29, 0.717) is 32.5 Å². The number of benzene rings is 1. The van der Waals surface area contributed by atoms with Crippen LogP contribution >= 0.6 is 11.6 Å². The van der Waals surface area contributed by atoms with Crippen LogP contribution in [0.3, 0.4) is 0 Å². The largest absolute Gasteiger partial charge is 0.481 e. The quantitative estimate of drug-likeness (QED) is 0.861. The first kappa shape index (κ1) is 18.4. The number of amides is 2. The monoisotopic (exact) mass is 384 g/mol. The average molecular weight is 385 g/mol. The van der Waals surface area contributed by atoms with Gasteiger partial charge in [0.1, 0.15) is 11.4 Å². The summed E-state index contributed by atoms with van der Waals surface area (Å²) in [5, 5.41) is 8.96. The van der Waals surface area contributed by atoms with Crippen molar-refractivity contribution in [2.75, 3.05) is 26.2 Å². The topological polar surface area (TPSA) is 87.2 Å². The summed E-state index contributed by atoms with van der Waals surface area (Å²) >= 11 is 5.71. The lowest BCUT2D eigenvalue weighted by Gasteiger charge is -2.37. The summed E-state index contributed by atoms with van der Waals surface area (Å²) in [6.07, 6.45) is 0.160. The number of hydrogen-bond donors (Lipinski definition) is 1. The Morgan fingerprint density at radius 2 is 2.00 bits per heavy atom. The van der Waals surface area contributed by atoms with Gasteiger partial charge in [0.05, 0.1) is 18.5 Å². The Morgan fingerprint density at radius 3 is 2.62 bits per heavy atom. The van der Waals surface area contributed by atoms with Crippen LogP contribution in [0.5, 0.6) is 0 Å². The highest BCUT2D eigenvalue weighted by Crippen LogP contribution is 2.34. The third kappa shape index (κ3) is 3.75. The highest BCUT2D eigenvalue weighted by Gasteiger charge is 2.47. The van der Waals surface area contributed by atoms with Gasteiger partial charge in [-0.1, -0.05) is 11.6 Å². The minimum atomic E-state index is -0.982. The number of ether oxygens (including phenoxy) is 1. The Labute approximate surface area is 154 Å². The number of hydrogen-bond acceptors (Lipinski definition) is 4. The Balaban J connectivity index is 1.61. The van der Waals surface area contributed by atoms with Crippen molar-refractivity contribution >= 4 is 29.6 Å². The molecule has 2 saturated heterocycles. The van der Waals surface area contributed by atoms with Crippen molar-refractivity contribution in [2.24, 2.45) is 0 Å². The number of carbonyl (C=O) groups excluding carboxylic acids is 2. The summed E-state index contributed by atoms with van der Waals surface area (Å²) in [5.41, 5.74) is -0.762. The van der Waals surface area contributed by atoms with E-state index in [-0.39, 0.29) is 23.6 Å². The van der Waals surface area contributed by atoms with Crippen LogP contribution in [-0.2, 0) is 9.53 Å². The molecule has 0 unspecified atom stereocenters. The molecule has 1 spiro atoms. The van der Waals surface area contributed by atoms with Crippen molar-refractivity contribution in [1.29, 1.82) is 0 Å². The van der Waals surface area contributed by atoms with Gasteiger partial charge in [0.25, 0.3) is 5.91 Å². The Kier molecular flexibility index (Phi) is 5.04. The zero-order valence-electron chi connectivity index (χ0n) is 13.9. The van der Waals surface area contributed by atoms with Crippen molar-refractivity contribution < 1.29 is 28.6 Å². The number of rotatable bonds is 4. The number of likely N-dealkylation sites (tertiary alicyclic amines) is 1. The Bertz CT molecular complexity index is 749. The molecule has 2 amide bonds. The van der Waals surface area contributed by atoms with Gasteiger partial charge in [-0.2, -0.15) is 0 Å². The zero-order valence-corrected chi connectivity index (χ0v) is 14.7. The molecule has 2 aliphatic rings. The van der Waals surface area contributed by atoms with E-state index in [4.69, 9.17) is 21.4 Å². The van der Waals surface area contributed by atoms with Gasteiger partial charge in [0, 0.05) is 37.5 Å². The lowest BCUT2D eigenvalue weighted by atomic mass is 9.91. The van der Waals surface area contributed by atoms with E-state index in [1.807, 2.05) is 0 Å². The number of halogens is 2. The van der Waals surface area contributed by atoms with Crippen LogP contribution in [0.2, 0.25) is 5.02 Å². The molecular weight excluding hydrogens is 367 g/mol. The second-order valence-corrected chi connectivity index (χ2v) is 6.97. The van der Waals surface area contributed by atoms with Crippen molar-refractivity contribution in [3.63, 3.8) is 0 Å². The van der Waals surface area contributed by atoms with Crippen LogP contribution in [0.4, 0.5) is 9.18 Å². The van der Waals surface area contributed by atoms with E-state index in [9.17, 15) is 18.8 Å². The van der Waals surface area contributed by atoms with Gasteiger partial charge in [-0.3, -0.25) is 9.59 Å². The molecule has 0 radical (unpaired) electrons. The fraction of sp³-hybridized carbons (Fsp3) is 0.471. The van der Waals surface area contributed by atoms with E-state index in [1.165, 1.54) is 21.9 Å². The first-order valence-electron chi connectivity index (χ1n) is 8.24. The molecule has 2 heterocycles. The van der Waals surface area contributed by atoms with Crippen molar-refractivity contribution in [2.45, 2.75) is 24.9 Å². The maximum atomic E-state index is 13.9. The molecule has 2 aliphatic heterocycles. The highest BCUT2D eigenvalue weighted by molar-refractivity contribution is 6.30. The summed E-state index contributed by atoms with van der Waals surface area (Å²) in [7, 11) is 0. The fourth-order valence-corrected chi connectivity index (χ4v) is 3.46. The molecule has 0 aliphatic carbocycles. The molecule has 0 bridgehead atoms. The lowest BCUT2D eigenvalue weighted by Crippen LogP contribution is -2.49. The molecule has 1 aromatic carbocycles. The summed E-state index contributed by atoms with van der Waals surface area (Å²) in [5.74, 6) is -2.08. The number of carboxylic acid groups (broad SMARTS) is 1. The molecule has 26 heavy (non-hydrogen) atoms. The Morgan fingerprint density at radius 1 is 1.31 bits per heavy atom. The second kappa shape index (κ2) is 7.11. The van der Waals surface area contributed by atoms with Crippen LogP contribution in [0, 0.1) is 5.82 Å². The minimum Gasteiger partial charge on any atom is -0.481 e. The molecule has 1 N–H and O–H groups in total. The van der Waals surface area contributed by atoms with Crippen LogP contribution in [0.15, 0.2) is 18.2 Å². The maximum Gasteiger partial charge on any atom is 0.410 e. The molecule has 0 aromatic heterocycles. The van der Waals surface area contributed by atoms with Gasteiger partial charge >= 0.3 is 12.1 Å². The van der Waals surface area contributed by atoms with Gasteiger partial charge in [0.15, 0.2) is 0 Å². The summed E-state index contributed by atoms with van der Waals surface area (Å²) in [4.78, 5) is 38.0. The van der Waals surface area contributed by atoms with Gasteiger partial charge in [-0.25, -0.2) is 9.18 Å². The van der Waals surface area contributed by atoms with E-state index >= 15 is 0 Å². The maximum absolute atomic E-state index is 13.9.